The normalized spacial score (nSPS) is 19.7. The van der Waals surface area contributed by atoms with Crippen LogP contribution in [0, 0.1) is 17.1 Å². The van der Waals surface area contributed by atoms with Crippen LogP contribution in [0.2, 0.25) is 5.02 Å². The van der Waals surface area contributed by atoms with E-state index in [1.54, 1.807) is 29.2 Å². The molecular formula is C26H25ClFN5O4. The first-order valence-corrected chi connectivity index (χ1v) is 12.4. The summed E-state index contributed by atoms with van der Waals surface area (Å²) in [7, 11) is 0. The zero-order chi connectivity index (χ0) is 26.3. The smallest absolute Gasteiger partial charge is 0.320 e. The highest BCUT2D eigenvalue weighted by Gasteiger charge is 2.61. The Hall–Kier alpha value is -3.68. The van der Waals surface area contributed by atoms with Crippen LogP contribution in [0.15, 0.2) is 42.5 Å². The fourth-order valence-electron chi connectivity index (χ4n) is 5.18. The van der Waals surface area contributed by atoms with Gasteiger partial charge >= 0.3 is 6.03 Å². The van der Waals surface area contributed by atoms with Gasteiger partial charge in [-0.3, -0.25) is 14.5 Å². The molecule has 2 aromatic carbocycles. The first kappa shape index (κ1) is 25.0. The molecule has 3 saturated heterocycles. The lowest BCUT2D eigenvalue weighted by Gasteiger charge is -2.58. The molecule has 0 unspecified atom stereocenters. The molecule has 9 nitrogen and oxygen atoms in total. The van der Waals surface area contributed by atoms with E-state index >= 15 is 0 Å². The Morgan fingerprint density at radius 3 is 2.41 bits per heavy atom. The van der Waals surface area contributed by atoms with Crippen LogP contribution in [0.5, 0.6) is 0 Å². The predicted molar refractivity (Wildman–Crippen MR) is 132 cm³/mol. The molecule has 1 spiro atoms. The van der Waals surface area contributed by atoms with E-state index in [1.165, 1.54) is 21.9 Å². The number of hydrogen-bond donors (Lipinski definition) is 1. The van der Waals surface area contributed by atoms with Crippen molar-refractivity contribution in [3.8, 4) is 6.07 Å². The molecule has 0 bridgehead atoms. The SMILES string of the molecule is N#Cc1ccc(N2CC(=O)N(Cc3ccc(Cl)cc3)C3(CN(C(=O)N4CCC(O)CC4)C3)C2=O)c(F)c1. The molecule has 2 aromatic rings. The van der Waals surface area contributed by atoms with Crippen LogP contribution in [0.25, 0.3) is 0 Å². The van der Waals surface area contributed by atoms with Gasteiger partial charge in [0.05, 0.1) is 36.5 Å². The van der Waals surface area contributed by atoms with Crippen LogP contribution >= 0.6 is 11.6 Å². The van der Waals surface area contributed by atoms with Gasteiger partial charge in [-0.15, -0.1) is 0 Å². The van der Waals surface area contributed by atoms with Gasteiger partial charge < -0.3 is 19.8 Å². The lowest BCUT2D eigenvalue weighted by Crippen LogP contribution is -2.81. The molecule has 5 rings (SSSR count). The van der Waals surface area contributed by atoms with E-state index in [2.05, 4.69) is 0 Å². The van der Waals surface area contributed by atoms with Crippen molar-refractivity contribution in [3.63, 3.8) is 0 Å². The van der Waals surface area contributed by atoms with Gasteiger partial charge in [0.1, 0.15) is 12.4 Å². The number of rotatable bonds is 3. The second-order valence-electron chi connectivity index (χ2n) is 9.66. The van der Waals surface area contributed by atoms with E-state index in [9.17, 15) is 23.9 Å². The molecule has 3 heterocycles. The van der Waals surface area contributed by atoms with Crippen LogP contribution in [-0.4, -0.2) is 82.0 Å². The highest BCUT2D eigenvalue weighted by atomic mass is 35.5. The van der Waals surface area contributed by atoms with Crippen molar-refractivity contribution in [2.45, 2.75) is 31.0 Å². The fraction of sp³-hybridized carbons (Fsp3) is 0.385. The van der Waals surface area contributed by atoms with E-state index in [0.29, 0.717) is 31.0 Å². The number of nitriles is 1. The largest absolute Gasteiger partial charge is 0.393 e. The molecular weight excluding hydrogens is 501 g/mol. The first-order valence-electron chi connectivity index (χ1n) is 12.0. The lowest BCUT2D eigenvalue weighted by atomic mass is 9.83. The van der Waals surface area contributed by atoms with Crippen molar-refractivity contribution in [2.24, 2.45) is 0 Å². The molecule has 1 N–H and O–H groups in total. The molecule has 0 atom stereocenters. The summed E-state index contributed by atoms with van der Waals surface area (Å²) in [6, 6.07) is 12.3. The molecule has 0 saturated carbocycles. The number of hydrogen-bond acceptors (Lipinski definition) is 5. The number of halogens is 2. The van der Waals surface area contributed by atoms with Crippen molar-refractivity contribution in [1.82, 2.24) is 14.7 Å². The number of amides is 4. The van der Waals surface area contributed by atoms with Crippen LogP contribution in [0.4, 0.5) is 14.9 Å². The van der Waals surface area contributed by atoms with Gasteiger partial charge in [0.25, 0.3) is 5.91 Å². The Kier molecular flexibility index (Phi) is 6.52. The Bertz CT molecular complexity index is 1280. The van der Waals surface area contributed by atoms with Crippen LogP contribution in [0.1, 0.15) is 24.0 Å². The number of aliphatic hydroxyl groups is 1. The molecule has 37 heavy (non-hydrogen) atoms. The Morgan fingerprint density at radius 1 is 1.11 bits per heavy atom. The van der Waals surface area contributed by atoms with Gasteiger partial charge in [-0.1, -0.05) is 23.7 Å². The molecule has 192 valence electrons. The second kappa shape index (κ2) is 9.65. The monoisotopic (exact) mass is 525 g/mol. The third kappa shape index (κ3) is 4.49. The molecule has 0 aliphatic carbocycles. The molecule has 3 aliphatic rings. The van der Waals surface area contributed by atoms with Crippen LogP contribution in [0.3, 0.4) is 0 Å². The Balaban J connectivity index is 1.44. The average Bonchev–Trinajstić information content (AvgIpc) is 2.86. The summed E-state index contributed by atoms with van der Waals surface area (Å²) in [6.07, 6.45) is 0.530. The van der Waals surface area contributed by atoms with Crippen molar-refractivity contribution < 1.29 is 23.9 Å². The number of piperazine rings is 1. The second-order valence-corrected chi connectivity index (χ2v) is 10.1. The predicted octanol–water partition coefficient (Wildman–Crippen LogP) is 2.36. The summed E-state index contributed by atoms with van der Waals surface area (Å²) in [5.41, 5.74) is -0.584. The zero-order valence-corrected chi connectivity index (χ0v) is 20.7. The molecule has 4 amide bonds. The number of benzene rings is 2. The van der Waals surface area contributed by atoms with E-state index in [0.717, 1.165) is 16.5 Å². The van der Waals surface area contributed by atoms with E-state index in [-0.39, 0.29) is 49.4 Å². The number of aliphatic hydroxyl groups excluding tert-OH is 1. The summed E-state index contributed by atoms with van der Waals surface area (Å²) in [5, 5.41) is 19.4. The lowest BCUT2D eigenvalue weighted by molar-refractivity contribution is -0.162. The summed E-state index contributed by atoms with van der Waals surface area (Å²) in [6.45, 7) is 0.522. The summed E-state index contributed by atoms with van der Waals surface area (Å²) in [5.74, 6) is -1.64. The maximum absolute atomic E-state index is 14.9. The third-order valence-corrected chi connectivity index (χ3v) is 7.54. The van der Waals surface area contributed by atoms with Crippen molar-refractivity contribution in [2.75, 3.05) is 37.6 Å². The first-order chi connectivity index (χ1) is 17.7. The number of nitrogens with zero attached hydrogens (tertiary/aromatic N) is 5. The third-order valence-electron chi connectivity index (χ3n) is 7.29. The number of piperidine rings is 1. The zero-order valence-electron chi connectivity index (χ0n) is 19.9. The van der Waals surface area contributed by atoms with Crippen molar-refractivity contribution >= 4 is 35.1 Å². The van der Waals surface area contributed by atoms with Crippen LogP contribution < -0.4 is 4.90 Å². The minimum Gasteiger partial charge on any atom is -0.393 e. The molecule has 11 heteroatoms. The van der Waals surface area contributed by atoms with Gasteiger partial charge in [0.2, 0.25) is 5.91 Å². The standard InChI is InChI=1S/C26H25ClFN5O4/c27-19-4-1-17(2-5-19)13-33-23(35)14-32(22-6-3-18(12-29)11-21(22)28)24(36)26(33)15-31(16-26)25(37)30-9-7-20(34)8-10-30/h1-6,11,20,34H,7-10,13-16H2. The number of carbonyl (C=O) groups excluding carboxylic acids is 3. The van der Waals surface area contributed by atoms with E-state index < -0.39 is 23.4 Å². The topological polar surface area (TPSA) is 108 Å². The van der Waals surface area contributed by atoms with Crippen LogP contribution in [-0.2, 0) is 16.1 Å². The van der Waals surface area contributed by atoms with Gasteiger partial charge in [-0.2, -0.15) is 5.26 Å². The summed E-state index contributed by atoms with van der Waals surface area (Å²) >= 11 is 6.00. The van der Waals surface area contributed by atoms with Gasteiger partial charge in [-0.25, -0.2) is 9.18 Å². The molecule has 3 fully saturated rings. The molecule has 3 aliphatic heterocycles. The minimum absolute atomic E-state index is 0.0303. The van der Waals surface area contributed by atoms with Crippen molar-refractivity contribution in [1.29, 1.82) is 5.26 Å². The highest BCUT2D eigenvalue weighted by Crippen LogP contribution is 2.38. The minimum atomic E-state index is -1.36. The summed E-state index contributed by atoms with van der Waals surface area (Å²) in [4.78, 5) is 46.2. The van der Waals surface area contributed by atoms with E-state index in [1.807, 2.05) is 6.07 Å². The maximum Gasteiger partial charge on any atom is 0.320 e. The average molecular weight is 526 g/mol. The number of urea groups is 1. The number of anilines is 1. The van der Waals surface area contributed by atoms with E-state index in [4.69, 9.17) is 16.9 Å². The Labute approximate surface area is 218 Å². The molecule has 0 aromatic heterocycles. The van der Waals surface area contributed by atoms with Gasteiger partial charge in [0.15, 0.2) is 5.54 Å². The van der Waals surface area contributed by atoms with Gasteiger partial charge in [0, 0.05) is 24.7 Å². The number of likely N-dealkylation sites (tertiary alicyclic amines) is 2. The fourth-order valence-corrected chi connectivity index (χ4v) is 5.31. The quantitative estimate of drug-likeness (QED) is 0.662. The van der Waals surface area contributed by atoms with Crippen molar-refractivity contribution in [3.05, 3.63) is 64.4 Å². The highest BCUT2D eigenvalue weighted by molar-refractivity contribution is 6.30. The molecule has 0 radical (unpaired) electrons. The van der Waals surface area contributed by atoms with Gasteiger partial charge in [-0.05, 0) is 48.7 Å². The summed E-state index contributed by atoms with van der Waals surface area (Å²) < 4.78 is 14.9. The maximum atomic E-state index is 14.9. The Morgan fingerprint density at radius 2 is 1.78 bits per heavy atom. The number of carbonyl (C=O) groups is 3.